The summed E-state index contributed by atoms with van der Waals surface area (Å²) in [5.74, 6) is 0.105. The molecule has 3 aromatic carbocycles. The Kier molecular flexibility index (Phi) is 6.93. The molecule has 0 aliphatic rings. The van der Waals surface area contributed by atoms with E-state index in [2.05, 4.69) is 16.7 Å². The van der Waals surface area contributed by atoms with Crippen LogP contribution in [0.1, 0.15) is 21.5 Å². The fourth-order valence-electron chi connectivity index (χ4n) is 2.72. The predicted octanol–water partition coefficient (Wildman–Crippen LogP) is 4.31. The quantitative estimate of drug-likeness (QED) is 0.602. The Hall–Kier alpha value is -3.69. The molecule has 0 unspecified atom stereocenters. The van der Waals surface area contributed by atoms with Crippen molar-refractivity contribution in [2.24, 2.45) is 0 Å². The summed E-state index contributed by atoms with van der Waals surface area (Å²) in [5, 5.41) is 14.8. The van der Waals surface area contributed by atoms with Gasteiger partial charge in [0.05, 0.1) is 23.4 Å². The van der Waals surface area contributed by atoms with Crippen LogP contribution in [0.4, 0.5) is 5.69 Å². The summed E-state index contributed by atoms with van der Waals surface area (Å²) in [6, 6.07) is 26.0. The number of benzene rings is 3. The second kappa shape index (κ2) is 10.0. The number of amides is 1. The standard InChI is InChI=1S/C23H19N3O2S/c24-16-18-10-4-6-12-20(18)25-23(29)26-22(27)19-11-5-7-13-21(19)28-15-14-17-8-2-1-3-9-17/h1-13H,14-15H2,(H2,25,26,27,29). The van der Waals surface area contributed by atoms with Crippen molar-refractivity contribution in [3.8, 4) is 11.8 Å². The Morgan fingerprint density at radius 3 is 2.45 bits per heavy atom. The van der Waals surface area contributed by atoms with Gasteiger partial charge in [0, 0.05) is 6.42 Å². The molecular weight excluding hydrogens is 382 g/mol. The van der Waals surface area contributed by atoms with Gasteiger partial charge in [-0.3, -0.25) is 10.1 Å². The summed E-state index contributed by atoms with van der Waals surface area (Å²) in [5.41, 5.74) is 2.52. The van der Waals surface area contributed by atoms with E-state index in [0.717, 1.165) is 12.0 Å². The minimum atomic E-state index is -0.382. The number of anilines is 1. The Morgan fingerprint density at radius 1 is 0.966 bits per heavy atom. The van der Waals surface area contributed by atoms with Gasteiger partial charge in [0.15, 0.2) is 5.11 Å². The smallest absolute Gasteiger partial charge is 0.261 e. The third-order valence-electron chi connectivity index (χ3n) is 4.15. The monoisotopic (exact) mass is 401 g/mol. The van der Waals surface area contributed by atoms with Crippen molar-refractivity contribution < 1.29 is 9.53 Å². The first-order valence-corrected chi connectivity index (χ1v) is 9.45. The molecule has 5 nitrogen and oxygen atoms in total. The van der Waals surface area contributed by atoms with Gasteiger partial charge in [-0.1, -0.05) is 54.6 Å². The van der Waals surface area contributed by atoms with Gasteiger partial charge < -0.3 is 10.1 Å². The largest absolute Gasteiger partial charge is 0.492 e. The van der Waals surface area contributed by atoms with Crippen molar-refractivity contribution in [1.29, 1.82) is 5.26 Å². The lowest BCUT2D eigenvalue weighted by atomic mass is 10.1. The van der Waals surface area contributed by atoms with Crippen molar-refractivity contribution in [2.45, 2.75) is 6.42 Å². The molecule has 0 saturated carbocycles. The summed E-state index contributed by atoms with van der Waals surface area (Å²) >= 11 is 5.22. The van der Waals surface area contributed by atoms with Crippen LogP contribution < -0.4 is 15.4 Å². The Morgan fingerprint density at radius 2 is 1.66 bits per heavy atom. The fourth-order valence-corrected chi connectivity index (χ4v) is 2.92. The molecule has 0 atom stereocenters. The number of hydrogen-bond donors (Lipinski definition) is 2. The van der Waals surface area contributed by atoms with Gasteiger partial charge in [0.25, 0.3) is 5.91 Å². The molecule has 0 aliphatic carbocycles. The van der Waals surface area contributed by atoms with Crippen LogP contribution in [0.15, 0.2) is 78.9 Å². The predicted molar refractivity (Wildman–Crippen MR) is 117 cm³/mol. The summed E-state index contributed by atoms with van der Waals surface area (Å²) in [6.45, 7) is 0.451. The first kappa shape index (κ1) is 20.1. The van der Waals surface area contributed by atoms with Crippen molar-refractivity contribution in [2.75, 3.05) is 11.9 Å². The Balaban J connectivity index is 1.62. The Bertz CT molecular complexity index is 1050. The average molecular weight is 401 g/mol. The summed E-state index contributed by atoms with van der Waals surface area (Å²) in [4.78, 5) is 12.7. The zero-order valence-corrected chi connectivity index (χ0v) is 16.4. The second-order valence-electron chi connectivity index (χ2n) is 6.15. The molecule has 0 bridgehead atoms. The van der Waals surface area contributed by atoms with Crippen LogP contribution in [0.3, 0.4) is 0 Å². The topological polar surface area (TPSA) is 74.2 Å². The number of para-hydroxylation sites is 2. The molecule has 29 heavy (non-hydrogen) atoms. The van der Waals surface area contributed by atoms with Crippen LogP contribution in [0.2, 0.25) is 0 Å². The van der Waals surface area contributed by atoms with Crippen molar-refractivity contribution in [1.82, 2.24) is 5.32 Å². The SMILES string of the molecule is N#Cc1ccccc1NC(=S)NC(=O)c1ccccc1OCCc1ccccc1. The van der Waals surface area contributed by atoms with Crippen molar-refractivity contribution in [3.05, 3.63) is 95.6 Å². The van der Waals surface area contributed by atoms with E-state index in [0.29, 0.717) is 29.2 Å². The average Bonchev–Trinajstić information content (AvgIpc) is 2.75. The maximum Gasteiger partial charge on any atom is 0.261 e. The van der Waals surface area contributed by atoms with E-state index in [1.54, 1.807) is 42.5 Å². The van der Waals surface area contributed by atoms with Gasteiger partial charge >= 0.3 is 0 Å². The molecule has 0 aromatic heterocycles. The van der Waals surface area contributed by atoms with E-state index < -0.39 is 0 Å². The lowest BCUT2D eigenvalue weighted by molar-refractivity contribution is 0.0974. The number of rotatable bonds is 6. The second-order valence-corrected chi connectivity index (χ2v) is 6.55. The lowest BCUT2D eigenvalue weighted by Crippen LogP contribution is -2.34. The van der Waals surface area contributed by atoms with Crippen LogP contribution in [0.5, 0.6) is 5.75 Å². The molecular formula is C23H19N3O2S. The molecule has 144 valence electrons. The van der Waals surface area contributed by atoms with Crippen molar-refractivity contribution in [3.63, 3.8) is 0 Å². The van der Waals surface area contributed by atoms with Crippen LogP contribution >= 0.6 is 12.2 Å². The molecule has 0 aliphatic heterocycles. The van der Waals surface area contributed by atoms with Gasteiger partial charge in [-0.25, -0.2) is 0 Å². The number of nitriles is 1. The highest BCUT2D eigenvalue weighted by Gasteiger charge is 2.14. The van der Waals surface area contributed by atoms with E-state index in [1.807, 2.05) is 36.4 Å². The molecule has 3 rings (SSSR count). The summed E-state index contributed by atoms with van der Waals surface area (Å²) < 4.78 is 5.83. The van der Waals surface area contributed by atoms with Crippen LogP contribution in [0.25, 0.3) is 0 Å². The first-order valence-electron chi connectivity index (χ1n) is 9.04. The van der Waals surface area contributed by atoms with E-state index >= 15 is 0 Å². The minimum Gasteiger partial charge on any atom is -0.492 e. The van der Waals surface area contributed by atoms with Gasteiger partial charge in [-0.05, 0) is 42.0 Å². The van der Waals surface area contributed by atoms with E-state index in [1.165, 1.54) is 0 Å². The maximum atomic E-state index is 12.7. The number of ether oxygens (including phenoxy) is 1. The number of carbonyl (C=O) groups is 1. The van der Waals surface area contributed by atoms with Crippen LogP contribution in [0, 0.1) is 11.3 Å². The van der Waals surface area contributed by atoms with Crippen molar-refractivity contribution >= 4 is 28.9 Å². The highest BCUT2D eigenvalue weighted by molar-refractivity contribution is 7.80. The molecule has 1 amide bonds. The van der Waals surface area contributed by atoms with Gasteiger partial charge in [0.2, 0.25) is 0 Å². The number of carbonyl (C=O) groups excluding carboxylic acids is 1. The fraction of sp³-hybridized carbons (Fsp3) is 0.0870. The minimum absolute atomic E-state index is 0.108. The maximum absolute atomic E-state index is 12.7. The zero-order chi connectivity index (χ0) is 20.5. The molecule has 0 radical (unpaired) electrons. The molecule has 0 fully saturated rings. The molecule has 2 N–H and O–H groups in total. The number of hydrogen-bond acceptors (Lipinski definition) is 4. The highest BCUT2D eigenvalue weighted by Crippen LogP contribution is 2.19. The Labute approximate surface area is 174 Å². The third kappa shape index (κ3) is 5.64. The van der Waals surface area contributed by atoms with Gasteiger partial charge in [-0.15, -0.1) is 0 Å². The molecule has 0 saturated heterocycles. The lowest BCUT2D eigenvalue weighted by Gasteiger charge is -2.13. The molecule has 3 aromatic rings. The third-order valence-corrected chi connectivity index (χ3v) is 4.35. The summed E-state index contributed by atoms with van der Waals surface area (Å²) in [6.07, 6.45) is 0.738. The number of nitrogens with zero attached hydrogens (tertiary/aromatic N) is 1. The highest BCUT2D eigenvalue weighted by atomic mass is 32.1. The van der Waals surface area contributed by atoms with E-state index in [-0.39, 0.29) is 11.0 Å². The zero-order valence-electron chi connectivity index (χ0n) is 15.6. The summed E-state index contributed by atoms with van der Waals surface area (Å²) in [7, 11) is 0. The number of nitrogens with one attached hydrogen (secondary N) is 2. The van der Waals surface area contributed by atoms with E-state index in [4.69, 9.17) is 22.2 Å². The van der Waals surface area contributed by atoms with Gasteiger partial charge in [-0.2, -0.15) is 5.26 Å². The van der Waals surface area contributed by atoms with Gasteiger partial charge in [0.1, 0.15) is 11.8 Å². The first-order chi connectivity index (χ1) is 14.2. The number of thiocarbonyl (C=S) groups is 1. The molecule has 0 spiro atoms. The van der Waals surface area contributed by atoms with Crippen LogP contribution in [-0.4, -0.2) is 17.6 Å². The molecule has 6 heteroatoms. The van der Waals surface area contributed by atoms with E-state index in [9.17, 15) is 4.79 Å². The molecule has 0 heterocycles. The van der Waals surface area contributed by atoms with Crippen LogP contribution in [-0.2, 0) is 6.42 Å². The normalized spacial score (nSPS) is 9.90.